The van der Waals surface area contributed by atoms with Gasteiger partial charge in [-0.25, -0.2) is 9.97 Å². The fourth-order valence-electron chi connectivity index (χ4n) is 1.24. The topological polar surface area (TPSA) is 55.0 Å². The first-order chi connectivity index (χ1) is 7.54. The first-order valence-electron chi connectivity index (χ1n) is 5.06. The first kappa shape index (κ1) is 13.1. The van der Waals surface area contributed by atoms with Gasteiger partial charge in [0.05, 0.1) is 22.4 Å². The Labute approximate surface area is 106 Å². The molecule has 2 N–H and O–H groups in total. The minimum Gasteiger partial charge on any atom is -0.393 e. The molecule has 1 aromatic rings. The highest BCUT2D eigenvalue weighted by atomic mass is 35.5. The maximum absolute atomic E-state index is 5.73. The van der Waals surface area contributed by atoms with Crippen LogP contribution in [0.4, 0.5) is 5.95 Å². The molecule has 1 atom stereocenters. The predicted molar refractivity (Wildman–Crippen MR) is 70.9 cm³/mol. The van der Waals surface area contributed by atoms with Crippen molar-refractivity contribution in [1.29, 1.82) is 0 Å². The second-order valence-electron chi connectivity index (χ2n) is 3.54. The molecule has 0 aliphatic rings. The highest BCUT2D eigenvalue weighted by molar-refractivity contribution is 7.80. The normalized spacial score (nSPS) is 12.2. The Balaban J connectivity index is 2.74. The molecule has 6 heteroatoms. The number of rotatable bonds is 5. The molecule has 0 aliphatic heterocycles. The van der Waals surface area contributed by atoms with Crippen LogP contribution in [-0.2, 0) is 0 Å². The molecule has 0 saturated carbocycles. The van der Waals surface area contributed by atoms with E-state index in [9.17, 15) is 0 Å². The Kier molecular flexibility index (Phi) is 4.89. The second kappa shape index (κ2) is 5.96. The Bertz CT molecular complexity index is 354. The Morgan fingerprint density at radius 1 is 1.56 bits per heavy atom. The van der Waals surface area contributed by atoms with Gasteiger partial charge in [0.1, 0.15) is 0 Å². The van der Waals surface area contributed by atoms with Crippen LogP contribution in [0.25, 0.3) is 0 Å². The summed E-state index contributed by atoms with van der Waals surface area (Å²) in [7, 11) is 0. The van der Waals surface area contributed by atoms with Gasteiger partial charge in [-0.2, -0.15) is 0 Å². The molecule has 1 unspecified atom stereocenters. The zero-order chi connectivity index (χ0) is 12.1. The third kappa shape index (κ3) is 3.57. The molecular formula is C10H15ClN4S. The van der Waals surface area contributed by atoms with Crippen LogP contribution in [0.3, 0.4) is 0 Å². The van der Waals surface area contributed by atoms with Crippen LogP contribution >= 0.6 is 23.8 Å². The summed E-state index contributed by atoms with van der Waals surface area (Å²) >= 11 is 10.7. The van der Waals surface area contributed by atoms with Gasteiger partial charge in [0.25, 0.3) is 0 Å². The van der Waals surface area contributed by atoms with Gasteiger partial charge in [-0.1, -0.05) is 30.7 Å². The molecule has 16 heavy (non-hydrogen) atoms. The molecule has 1 aromatic heterocycles. The largest absolute Gasteiger partial charge is 0.393 e. The zero-order valence-electron chi connectivity index (χ0n) is 9.35. The molecule has 0 aliphatic carbocycles. The van der Waals surface area contributed by atoms with E-state index in [1.807, 2.05) is 18.7 Å². The Morgan fingerprint density at radius 3 is 2.56 bits per heavy atom. The summed E-state index contributed by atoms with van der Waals surface area (Å²) in [4.78, 5) is 10.8. The van der Waals surface area contributed by atoms with Crippen LogP contribution < -0.4 is 10.6 Å². The number of hydrogen-bond acceptors (Lipinski definition) is 4. The van der Waals surface area contributed by atoms with Crippen LogP contribution in [0, 0.1) is 5.92 Å². The third-order valence-electron chi connectivity index (χ3n) is 2.25. The van der Waals surface area contributed by atoms with Crippen LogP contribution in [0.15, 0.2) is 12.4 Å². The van der Waals surface area contributed by atoms with Crippen molar-refractivity contribution in [2.45, 2.75) is 13.8 Å². The average Bonchev–Trinajstić information content (AvgIpc) is 2.26. The number of nitrogens with two attached hydrogens (primary N) is 1. The molecular weight excluding hydrogens is 244 g/mol. The molecule has 1 rings (SSSR count). The van der Waals surface area contributed by atoms with Crippen LogP contribution in [0.5, 0.6) is 0 Å². The van der Waals surface area contributed by atoms with E-state index in [1.165, 1.54) is 0 Å². The van der Waals surface area contributed by atoms with Crippen molar-refractivity contribution in [2.75, 3.05) is 18.0 Å². The SMILES string of the molecule is CCN(CC(C)C(N)=S)c1ncc(Cl)cn1. The van der Waals surface area contributed by atoms with Gasteiger partial charge in [0, 0.05) is 19.0 Å². The highest BCUT2D eigenvalue weighted by Crippen LogP contribution is 2.12. The van der Waals surface area contributed by atoms with Gasteiger partial charge in [-0.15, -0.1) is 0 Å². The Hall–Kier alpha value is -0.940. The smallest absolute Gasteiger partial charge is 0.225 e. The van der Waals surface area contributed by atoms with Gasteiger partial charge < -0.3 is 10.6 Å². The summed E-state index contributed by atoms with van der Waals surface area (Å²) in [6.45, 7) is 5.53. The summed E-state index contributed by atoms with van der Waals surface area (Å²) in [6.07, 6.45) is 3.16. The van der Waals surface area contributed by atoms with E-state index in [-0.39, 0.29) is 5.92 Å². The monoisotopic (exact) mass is 258 g/mol. The van der Waals surface area contributed by atoms with Gasteiger partial charge in [-0.3, -0.25) is 0 Å². The van der Waals surface area contributed by atoms with Crippen molar-refractivity contribution in [3.8, 4) is 0 Å². The molecule has 1 heterocycles. The Morgan fingerprint density at radius 2 is 2.12 bits per heavy atom. The lowest BCUT2D eigenvalue weighted by molar-refractivity contribution is 0.690. The zero-order valence-corrected chi connectivity index (χ0v) is 10.9. The number of aromatic nitrogens is 2. The molecule has 88 valence electrons. The number of hydrogen-bond donors (Lipinski definition) is 1. The van der Waals surface area contributed by atoms with Crippen molar-refractivity contribution in [3.05, 3.63) is 17.4 Å². The highest BCUT2D eigenvalue weighted by Gasteiger charge is 2.13. The van der Waals surface area contributed by atoms with E-state index in [4.69, 9.17) is 29.6 Å². The van der Waals surface area contributed by atoms with Crippen molar-refractivity contribution < 1.29 is 0 Å². The standard InChI is InChI=1S/C10H15ClN4S/c1-3-15(6-7(2)9(12)16)10-13-4-8(11)5-14-10/h4-5,7H,3,6H2,1-2H3,(H2,12,16). The van der Waals surface area contributed by atoms with E-state index in [1.54, 1.807) is 12.4 Å². The van der Waals surface area contributed by atoms with E-state index in [2.05, 4.69) is 9.97 Å². The summed E-state index contributed by atoms with van der Waals surface area (Å²) in [5, 5.41) is 0.530. The second-order valence-corrected chi connectivity index (χ2v) is 4.45. The number of nitrogens with zero attached hydrogens (tertiary/aromatic N) is 3. The summed E-state index contributed by atoms with van der Waals surface area (Å²) < 4.78 is 0. The van der Waals surface area contributed by atoms with E-state index < -0.39 is 0 Å². The van der Waals surface area contributed by atoms with Gasteiger partial charge in [0.2, 0.25) is 5.95 Å². The fraction of sp³-hybridized carbons (Fsp3) is 0.500. The van der Waals surface area contributed by atoms with Crippen molar-refractivity contribution >= 4 is 34.8 Å². The molecule has 0 saturated heterocycles. The first-order valence-corrected chi connectivity index (χ1v) is 5.85. The molecule has 4 nitrogen and oxygen atoms in total. The quantitative estimate of drug-likeness (QED) is 0.818. The van der Waals surface area contributed by atoms with Crippen LogP contribution in [0.1, 0.15) is 13.8 Å². The number of thiocarbonyl (C=S) groups is 1. The average molecular weight is 259 g/mol. The van der Waals surface area contributed by atoms with Crippen molar-refractivity contribution in [3.63, 3.8) is 0 Å². The van der Waals surface area contributed by atoms with Crippen molar-refractivity contribution in [1.82, 2.24) is 9.97 Å². The molecule has 0 radical (unpaired) electrons. The van der Waals surface area contributed by atoms with Gasteiger partial charge in [-0.05, 0) is 6.92 Å². The minimum absolute atomic E-state index is 0.134. The summed E-state index contributed by atoms with van der Waals surface area (Å²) in [5.41, 5.74) is 5.58. The summed E-state index contributed by atoms with van der Waals surface area (Å²) in [5.74, 6) is 0.782. The number of halogens is 1. The number of anilines is 1. The van der Waals surface area contributed by atoms with Crippen LogP contribution in [-0.4, -0.2) is 28.0 Å². The molecule has 0 aromatic carbocycles. The maximum atomic E-state index is 5.73. The lowest BCUT2D eigenvalue weighted by atomic mass is 10.2. The molecule has 0 fully saturated rings. The van der Waals surface area contributed by atoms with E-state index in [0.717, 1.165) is 6.54 Å². The van der Waals surface area contributed by atoms with Gasteiger partial charge >= 0.3 is 0 Å². The molecule has 0 amide bonds. The molecule has 0 bridgehead atoms. The van der Waals surface area contributed by atoms with E-state index >= 15 is 0 Å². The predicted octanol–water partition coefficient (Wildman–Crippen LogP) is 1.88. The fourth-order valence-corrected chi connectivity index (χ4v) is 1.41. The lowest BCUT2D eigenvalue weighted by Gasteiger charge is -2.23. The van der Waals surface area contributed by atoms with Crippen LogP contribution in [0.2, 0.25) is 5.02 Å². The van der Waals surface area contributed by atoms with Gasteiger partial charge in [0.15, 0.2) is 0 Å². The lowest BCUT2D eigenvalue weighted by Crippen LogP contribution is -2.34. The maximum Gasteiger partial charge on any atom is 0.225 e. The van der Waals surface area contributed by atoms with E-state index in [0.29, 0.717) is 22.5 Å². The third-order valence-corrected chi connectivity index (χ3v) is 2.85. The summed E-state index contributed by atoms with van der Waals surface area (Å²) in [6, 6.07) is 0. The molecule has 0 spiro atoms. The van der Waals surface area contributed by atoms with Crippen molar-refractivity contribution in [2.24, 2.45) is 11.7 Å². The minimum atomic E-state index is 0.134.